The van der Waals surface area contributed by atoms with Crippen molar-refractivity contribution in [2.45, 2.75) is 25.4 Å². The number of aromatic nitrogens is 1. The van der Waals surface area contributed by atoms with Crippen LogP contribution in [0.1, 0.15) is 25.0 Å². The lowest BCUT2D eigenvalue weighted by atomic mass is 10.1. The molecule has 1 aromatic heterocycles. The third-order valence-corrected chi connectivity index (χ3v) is 5.36. The first-order valence-electron chi connectivity index (χ1n) is 8.68. The van der Waals surface area contributed by atoms with Gasteiger partial charge in [0.15, 0.2) is 0 Å². The average molecular weight is 356 g/mol. The number of nitrogens with two attached hydrogens (primary N) is 1. The van der Waals surface area contributed by atoms with Crippen LogP contribution in [0.3, 0.4) is 0 Å². The Morgan fingerprint density at radius 3 is 2.96 bits per heavy atom. The first kappa shape index (κ1) is 16.6. The summed E-state index contributed by atoms with van der Waals surface area (Å²) in [6.07, 6.45) is 6.26. The van der Waals surface area contributed by atoms with Crippen LogP contribution in [-0.4, -0.2) is 41.1 Å². The maximum Gasteiger partial charge on any atom is 0.414 e. The standard InChI is InChI=1S/C18H20N4O4/c19-17(23)4-2-12-9-22(18(24)26-12)11-1-3-16(20-7-11)10-5-13-14(6-10)15(13)8-21-25/h1,3,5,7-8,12-15,25H,2,4,6,9H2,(H2,19,23)/t12-,13?,14?,15?/m0/s1. The number of pyridine rings is 1. The van der Waals surface area contributed by atoms with E-state index < -0.39 is 12.0 Å². The highest BCUT2D eigenvalue weighted by molar-refractivity contribution is 5.89. The molecule has 1 aliphatic heterocycles. The predicted molar refractivity (Wildman–Crippen MR) is 93.6 cm³/mol. The first-order valence-corrected chi connectivity index (χ1v) is 8.68. The van der Waals surface area contributed by atoms with Gasteiger partial charge in [0.25, 0.3) is 0 Å². The average Bonchev–Trinajstić information content (AvgIpc) is 2.99. The molecule has 0 radical (unpaired) electrons. The molecule has 4 atom stereocenters. The van der Waals surface area contributed by atoms with Crippen molar-refractivity contribution in [1.29, 1.82) is 0 Å². The van der Waals surface area contributed by atoms with Crippen molar-refractivity contribution in [3.63, 3.8) is 0 Å². The summed E-state index contributed by atoms with van der Waals surface area (Å²) >= 11 is 0. The van der Waals surface area contributed by atoms with Crippen LogP contribution in [0.2, 0.25) is 0 Å². The molecular formula is C18H20N4O4. The van der Waals surface area contributed by atoms with Gasteiger partial charge in [0.2, 0.25) is 5.91 Å². The lowest BCUT2D eigenvalue weighted by Crippen LogP contribution is -2.25. The number of amides is 2. The third-order valence-electron chi connectivity index (χ3n) is 5.36. The number of allylic oxidation sites excluding steroid dienone is 2. The number of carbonyl (C=O) groups is 2. The number of hydrogen-bond donors (Lipinski definition) is 2. The van der Waals surface area contributed by atoms with E-state index in [0.29, 0.717) is 36.4 Å². The molecule has 2 amide bonds. The lowest BCUT2D eigenvalue weighted by Gasteiger charge is -2.13. The molecule has 0 bridgehead atoms. The second kappa shape index (κ2) is 6.44. The topological polar surface area (TPSA) is 118 Å². The van der Waals surface area contributed by atoms with Gasteiger partial charge in [0.05, 0.1) is 24.1 Å². The fourth-order valence-corrected chi connectivity index (χ4v) is 3.89. The van der Waals surface area contributed by atoms with Crippen LogP contribution >= 0.6 is 0 Å². The van der Waals surface area contributed by atoms with E-state index in [-0.39, 0.29) is 12.5 Å². The van der Waals surface area contributed by atoms with E-state index in [2.05, 4.69) is 16.2 Å². The molecule has 1 aromatic rings. The summed E-state index contributed by atoms with van der Waals surface area (Å²) in [5, 5.41) is 11.7. The van der Waals surface area contributed by atoms with E-state index in [0.717, 1.165) is 12.1 Å². The second-order valence-corrected chi connectivity index (χ2v) is 7.00. The van der Waals surface area contributed by atoms with Gasteiger partial charge in [-0.3, -0.25) is 14.7 Å². The monoisotopic (exact) mass is 356 g/mol. The highest BCUT2D eigenvalue weighted by Gasteiger charge is 2.51. The summed E-state index contributed by atoms with van der Waals surface area (Å²) in [6, 6.07) is 3.77. The van der Waals surface area contributed by atoms with Gasteiger partial charge in [-0.15, -0.1) is 5.16 Å². The van der Waals surface area contributed by atoms with Crippen LogP contribution in [0.5, 0.6) is 0 Å². The summed E-state index contributed by atoms with van der Waals surface area (Å²) < 4.78 is 5.27. The first-order chi connectivity index (χ1) is 12.6. The van der Waals surface area contributed by atoms with Crippen molar-refractivity contribution in [1.82, 2.24) is 4.98 Å². The molecule has 8 nitrogen and oxygen atoms in total. The number of nitrogens with zero attached hydrogens (tertiary/aromatic N) is 3. The number of rotatable bonds is 6. The van der Waals surface area contributed by atoms with Gasteiger partial charge in [-0.25, -0.2) is 4.79 Å². The molecule has 3 aliphatic rings. The summed E-state index contributed by atoms with van der Waals surface area (Å²) in [7, 11) is 0. The quantitative estimate of drug-likeness (QED) is 0.457. The molecule has 2 aliphatic carbocycles. The minimum atomic E-state index is -0.429. The van der Waals surface area contributed by atoms with Gasteiger partial charge in [0, 0.05) is 18.6 Å². The molecule has 136 valence electrons. The fourth-order valence-electron chi connectivity index (χ4n) is 3.89. The summed E-state index contributed by atoms with van der Waals surface area (Å²) in [4.78, 5) is 28.9. The molecule has 26 heavy (non-hydrogen) atoms. The fraction of sp³-hybridized carbons (Fsp3) is 0.444. The van der Waals surface area contributed by atoms with E-state index in [1.54, 1.807) is 12.4 Å². The molecule has 2 fully saturated rings. The molecule has 3 N–H and O–H groups in total. The minimum Gasteiger partial charge on any atom is -0.444 e. The van der Waals surface area contributed by atoms with Crippen molar-refractivity contribution in [3.8, 4) is 0 Å². The van der Waals surface area contributed by atoms with Crippen molar-refractivity contribution in [2.24, 2.45) is 28.6 Å². The number of anilines is 1. The van der Waals surface area contributed by atoms with E-state index in [4.69, 9.17) is 15.7 Å². The summed E-state index contributed by atoms with van der Waals surface area (Å²) in [5.41, 5.74) is 7.91. The normalized spacial score (nSPS) is 29.6. The van der Waals surface area contributed by atoms with Crippen molar-refractivity contribution in [3.05, 3.63) is 30.1 Å². The Morgan fingerprint density at radius 2 is 2.35 bits per heavy atom. The Hall–Kier alpha value is -2.90. The van der Waals surface area contributed by atoms with E-state index in [1.807, 2.05) is 12.1 Å². The highest BCUT2D eigenvalue weighted by atomic mass is 16.6. The number of fused-ring (bicyclic) bond motifs is 1. The van der Waals surface area contributed by atoms with Gasteiger partial charge in [0.1, 0.15) is 6.10 Å². The molecule has 0 aromatic carbocycles. The number of ether oxygens (including phenoxy) is 1. The van der Waals surface area contributed by atoms with E-state index in [9.17, 15) is 9.59 Å². The number of cyclic esters (lactones) is 1. The van der Waals surface area contributed by atoms with Crippen molar-refractivity contribution < 1.29 is 19.5 Å². The zero-order valence-corrected chi connectivity index (χ0v) is 14.1. The second-order valence-electron chi connectivity index (χ2n) is 7.00. The molecule has 8 heteroatoms. The number of oxime groups is 1. The third kappa shape index (κ3) is 3.02. The zero-order chi connectivity index (χ0) is 18.3. The zero-order valence-electron chi connectivity index (χ0n) is 14.1. The predicted octanol–water partition coefficient (Wildman–Crippen LogP) is 1.78. The van der Waals surface area contributed by atoms with Crippen LogP contribution in [0, 0.1) is 17.8 Å². The number of primary amides is 1. The van der Waals surface area contributed by atoms with Crippen LogP contribution < -0.4 is 10.6 Å². The number of hydrogen-bond acceptors (Lipinski definition) is 6. The Kier molecular flexibility index (Phi) is 4.10. The van der Waals surface area contributed by atoms with Crippen LogP contribution in [0.4, 0.5) is 10.5 Å². The Balaban J connectivity index is 1.39. The molecular weight excluding hydrogens is 336 g/mol. The largest absolute Gasteiger partial charge is 0.444 e. The van der Waals surface area contributed by atoms with Gasteiger partial charge in [-0.05, 0) is 42.4 Å². The SMILES string of the molecule is NC(=O)CC[C@H]1CN(c2ccc(C3=CC4C(C=NO)C4C3)nc2)C(=O)O1. The van der Waals surface area contributed by atoms with Crippen molar-refractivity contribution in [2.75, 3.05) is 11.4 Å². The van der Waals surface area contributed by atoms with Crippen molar-refractivity contribution >= 4 is 29.5 Å². The molecule has 2 heterocycles. The van der Waals surface area contributed by atoms with E-state index in [1.165, 1.54) is 10.5 Å². The maximum atomic E-state index is 12.0. The summed E-state index contributed by atoms with van der Waals surface area (Å²) in [5.74, 6) is 0.907. The minimum absolute atomic E-state index is 0.196. The molecule has 4 rings (SSSR count). The molecule has 0 spiro atoms. The van der Waals surface area contributed by atoms with Gasteiger partial charge < -0.3 is 15.7 Å². The van der Waals surface area contributed by atoms with Crippen LogP contribution in [0.25, 0.3) is 5.57 Å². The molecule has 3 unspecified atom stereocenters. The summed E-state index contributed by atoms with van der Waals surface area (Å²) in [6.45, 7) is 0.391. The van der Waals surface area contributed by atoms with E-state index >= 15 is 0 Å². The molecule has 1 saturated carbocycles. The van der Waals surface area contributed by atoms with Gasteiger partial charge in [-0.2, -0.15) is 0 Å². The lowest BCUT2D eigenvalue weighted by molar-refractivity contribution is -0.118. The van der Waals surface area contributed by atoms with Gasteiger partial charge >= 0.3 is 6.09 Å². The smallest absolute Gasteiger partial charge is 0.414 e. The number of carbonyl (C=O) groups excluding carboxylic acids is 2. The Bertz CT molecular complexity index is 789. The van der Waals surface area contributed by atoms with Gasteiger partial charge in [-0.1, -0.05) is 6.08 Å². The van der Waals surface area contributed by atoms with Crippen LogP contribution in [0.15, 0.2) is 29.6 Å². The Morgan fingerprint density at radius 1 is 1.50 bits per heavy atom. The maximum absolute atomic E-state index is 12.0. The van der Waals surface area contributed by atoms with Crippen LogP contribution in [-0.2, 0) is 9.53 Å². The Labute approximate surface area is 150 Å². The highest BCUT2D eigenvalue weighted by Crippen LogP contribution is 2.56. The molecule has 1 saturated heterocycles.